The van der Waals surface area contributed by atoms with Gasteiger partial charge in [0.1, 0.15) is 11.8 Å². The van der Waals surface area contributed by atoms with Crippen LogP contribution in [0, 0.1) is 42.6 Å². The minimum absolute atomic E-state index is 0. The van der Waals surface area contributed by atoms with Crippen molar-refractivity contribution in [2.24, 2.45) is 5.41 Å². The van der Waals surface area contributed by atoms with Crippen molar-refractivity contribution in [3.05, 3.63) is 132 Å². The summed E-state index contributed by atoms with van der Waals surface area (Å²) in [7, 11) is 0. The maximum atomic E-state index is 9.30. The van der Waals surface area contributed by atoms with Crippen molar-refractivity contribution in [3.63, 3.8) is 0 Å². The number of nitriles is 1. The molecule has 1 fully saturated rings. The molecule has 0 saturated heterocycles. The first kappa shape index (κ1) is 29.9. The third-order valence-electron chi connectivity index (χ3n) is 10.0. The summed E-state index contributed by atoms with van der Waals surface area (Å²) in [5.74, 6) is 6.17. The second kappa shape index (κ2) is 16.1. The zero-order valence-corrected chi connectivity index (χ0v) is 35.5. The van der Waals surface area contributed by atoms with E-state index in [-0.39, 0.29) is 76.5 Å². The summed E-state index contributed by atoms with van der Waals surface area (Å²) in [4.78, 5) is 13.1. The number of fused-ring (bicyclic) bond motifs is 3. The SMILES string of the molecule is [2H]c1c(-c2[c-]ccc3c2oc2nc(C#N)ccc23)ncc(C([2H])([2H])[2H])c1-c1ccc(C2([2H])CCC(C)(C)CC2)cc1C([2H])([2H])[2H].[CH3][Ge]([CH3])([CH3])[c]1ccc(-c2[c-]cccc2)nc1.[Ir]. The summed E-state index contributed by atoms with van der Waals surface area (Å²) in [5, 5.41) is 10.6. The van der Waals surface area contributed by atoms with Crippen LogP contribution in [-0.4, -0.2) is 28.2 Å². The quantitative estimate of drug-likeness (QED) is 0.127. The predicted octanol–water partition coefficient (Wildman–Crippen LogP) is 11.8. The molecule has 1 aliphatic carbocycles. The van der Waals surface area contributed by atoms with E-state index in [1.807, 2.05) is 36.5 Å². The fourth-order valence-electron chi connectivity index (χ4n) is 6.66. The minimum atomic E-state index is -2.71. The second-order valence-electron chi connectivity index (χ2n) is 15.4. The van der Waals surface area contributed by atoms with E-state index < -0.39 is 32.9 Å². The Kier molecular flexibility index (Phi) is 8.93. The first-order valence-corrected chi connectivity index (χ1v) is 25.2. The van der Waals surface area contributed by atoms with E-state index in [1.54, 1.807) is 30.3 Å². The Hall–Kier alpha value is -4.41. The summed E-state index contributed by atoms with van der Waals surface area (Å²) in [6.45, 7) is -1.04. The van der Waals surface area contributed by atoms with Crippen molar-refractivity contribution in [1.82, 2.24) is 15.0 Å². The van der Waals surface area contributed by atoms with Gasteiger partial charge >= 0.3 is 99.8 Å². The maximum Gasteiger partial charge on any atom is 0 e. The van der Waals surface area contributed by atoms with Gasteiger partial charge in [0, 0.05) is 41.3 Å². The van der Waals surface area contributed by atoms with Crippen molar-refractivity contribution in [2.75, 3.05) is 0 Å². The Balaban J connectivity index is 0.000000317. The van der Waals surface area contributed by atoms with Crippen molar-refractivity contribution in [2.45, 2.75) is 76.4 Å². The largest absolute Gasteiger partial charge is 0 e. The van der Waals surface area contributed by atoms with Crippen LogP contribution in [0.2, 0.25) is 17.3 Å². The summed E-state index contributed by atoms with van der Waals surface area (Å²) in [6.07, 6.45) is 6.00. The summed E-state index contributed by atoms with van der Waals surface area (Å²) in [6, 6.07) is 31.6. The van der Waals surface area contributed by atoms with E-state index in [2.05, 4.69) is 70.3 Å². The number of furan rings is 1. The van der Waals surface area contributed by atoms with Crippen LogP contribution in [0.4, 0.5) is 0 Å². The number of hydrogen-bond donors (Lipinski definition) is 0. The molecule has 1 radical (unpaired) electrons. The van der Waals surface area contributed by atoms with Crippen LogP contribution in [0.1, 0.15) is 78.8 Å². The van der Waals surface area contributed by atoms with Gasteiger partial charge in [-0.2, -0.15) is 5.26 Å². The number of nitrogens with zero attached hydrogens (tertiary/aromatic N) is 4. The van der Waals surface area contributed by atoms with Gasteiger partial charge in [-0.1, -0.05) is 49.0 Å². The number of pyridine rings is 3. The average molecular weight is 956 g/mol. The van der Waals surface area contributed by atoms with Gasteiger partial charge in [-0.15, -0.1) is 18.2 Å². The monoisotopic (exact) mass is 957 g/mol. The molecule has 275 valence electrons. The maximum absolute atomic E-state index is 9.30. The molecule has 3 aromatic carbocycles. The molecule has 5 nitrogen and oxygen atoms in total. The van der Waals surface area contributed by atoms with E-state index in [0.717, 1.165) is 30.3 Å². The van der Waals surface area contributed by atoms with Crippen LogP contribution in [0.15, 0.2) is 102 Å². The molecule has 1 saturated carbocycles. The Labute approximate surface area is 347 Å². The summed E-state index contributed by atoms with van der Waals surface area (Å²) < 4.78 is 76.0. The van der Waals surface area contributed by atoms with Gasteiger partial charge in [-0.3, -0.25) is 0 Å². The van der Waals surface area contributed by atoms with Gasteiger partial charge in [0.05, 0.1) is 6.95 Å². The number of hydrogen-bond acceptors (Lipinski definition) is 5. The van der Waals surface area contributed by atoms with Gasteiger partial charge in [0.15, 0.2) is 0 Å². The second-order valence-corrected chi connectivity index (χ2v) is 26.0. The first-order valence-electron chi connectivity index (χ1n) is 21.8. The third kappa shape index (κ3) is 8.45. The zero-order valence-electron chi connectivity index (χ0n) is 39.0. The molecule has 7 heteroatoms. The molecular weight excluding hydrogens is 901 g/mol. The molecule has 1 aliphatic rings. The fraction of sp³-hybridized carbons (Fsp3) is 0.277. The Morgan fingerprint density at radius 1 is 0.889 bits per heavy atom. The number of rotatable bonds is 5. The van der Waals surface area contributed by atoms with Crippen LogP contribution in [0.25, 0.3) is 55.7 Å². The van der Waals surface area contributed by atoms with Crippen LogP contribution >= 0.6 is 0 Å². The van der Waals surface area contributed by atoms with Crippen LogP contribution < -0.4 is 4.40 Å². The van der Waals surface area contributed by atoms with Crippen molar-refractivity contribution in [1.29, 1.82) is 5.26 Å². The molecule has 8 rings (SSSR count). The van der Waals surface area contributed by atoms with E-state index >= 15 is 0 Å². The normalized spacial score (nSPS) is 17.4. The molecule has 4 aromatic heterocycles. The summed E-state index contributed by atoms with van der Waals surface area (Å²) >= 11 is -1.72. The van der Waals surface area contributed by atoms with Crippen molar-refractivity contribution < 1.29 is 35.5 Å². The van der Waals surface area contributed by atoms with Gasteiger partial charge in [0.2, 0.25) is 5.71 Å². The predicted molar refractivity (Wildman–Crippen MR) is 220 cm³/mol. The molecule has 0 bridgehead atoms. The molecule has 7 aromatic rings. The van der Waals surface area contributed by atoms with E-state index in [1.165, 1.54) is 16.5 Å². The van der Waals surface area contributed by atoms with Gasteiger partial charge in [-0.25, -0.2) is 4.98 Å². The zero-order chi connectivity index (χ0) is 44.1. The molecule has 0 N–H and O–H groups in total. The van der Waals surface area contributed by atoms with E-state index in [0.29, 0.717) is 34.8 Å². The van der Waals surface area contributed by atoms with Crippen LogP contribution in [0.3, 0.4) is 0 Å². The minimum Gasteiger partial charge on any atom is 0 e. The van der Waals surface area contributed by atoms with Crippen LogP contribution in [0.5, 0.6) is 0 Å². The average Bonchev–Trinajstić information content (AvgIpc) is 3.60. The molecule has 0 spiro atoms. The third-order valence-corrected chi connectivity index (χ3v) is 14.3. The molecule has 0 amide bonds. The van der Waals surface area contributed by atoms with Crippen molar-refractivity contribution >= 4 is 39.7 Å². The summed E-state index contributed by atoms with van der Waals surface area (Å²) in [5.41, 5.74) is 3.37. The molecular formula is C47H46GeIrN4O-2. The fourth-order valence-corrected chi connectivity index (χ4v) is 8.83. The molecule has 0 aliphatic heterocycles. The Morgan fingerprint density at radius 3 is 2.37 bits per heavy atom. The number of benzene rings is 3. The smallest absolute Gasteiger partial charge is 0 e. The van der Waals surface area contributed by atoms with Gasteiger partial charge in [0.25, 0.3) is 0 Å². The van der Waals surface area contributed by atoms with E-state index in [4.69, 9.17) is 12.6 Å². The van der Waals surface area contributed by atoms with Crippen molar-refractivity contribution in [3.8, 4) is 39.7 Å². The number of aryl methyl sites for hydroxylation is 2. The van der Waals surface area contributed by atoms with E-state index in [9.17, 15) is 8.00 Å². The number of aromatic nitrogens is 3. The van der Waals surface area contributed by atoms with Gasteiger partial charge in [-0.05, 0) is 96.3 Å². The first-order chi connectivity index (χ1) is 28.6. The molecule has 54 heavy (non-hydrogen) atoms. The molecule has 0 unspecified atom stereocenters. The topological polar surface area (TPSA) is 75.6 Å². The Morgan fingerprint density at radius 2 is 1.69 bits per heavy atom. The Bertz CT molecular complexity index is 2780. The van der Waals surface area contributed by atoms with Gasteiger partial charge < -0.3 is 9.40 Å². The molecule has 4 heterocycles. The van der Waals surface area contributed by atoms with Crippen LogP contribution in [-0.2, 0) is 20.1 Å². The standard InChI is InChI=1S/C33H30N3O.C14H16GeN.Ir/c1-20-16-23(22-12-14-33(3,4)15-13-22)8-10-25(20)29-17-30(35-19-21(29)2)28-7-5-6-26-27-11-9-24(18-34)36-32(27)37-31(26)28;1-15(2,3)13-9-10-14(16-11-13)12-7-5-4-6-8-12;/h5-6,8-11,16-17,19,22H,12-15H2,1-4H3;4-7,9-11H,1-3H3;/q2*-1;/i1D3,2D3,17D,22D;;. The molecule has 0 atom stereocenters.